The van der Waals surface area contributed by atoms with Crippen LogP contribution in [0.1, 0.15) is 23.2 Å². The van der Waals surface area contributed by atoms with E-state index < -0.39 is 0 Å². The molecule has 1 aromatic heterocycles. The number of anilines is 1. The molecule has 0 saturated heterocycles. The van der Waals surface area contributed by atoms with E-state index in [1.165, 1.54) is 36.0 Å². The molecule has 0 bridgehead atoms. The van der Waals surface area contributed by atoms with E-state index in [-0.39, 0.29) is 17.5 Å². The Morgan fingerprint density at radius 2 is 2.11 bits per heavy atom. The fourth-order valence-corrected chi connectivity index (χ4v) is 2.24. The van der Waals surface area contributed by atoms with Gasteiger partial charge in [-0.2, -0.15) is 4.98 Å². The largest absolute Gasteiger partial charge is 0.368 e. The van der Waals surface area contributed by atoms with Crippen LogP contribution in [0.4, 0.5) is 10.3 Å². The highest BCUT2D eigenvalue weighted by Crippen LogP contribution is 2.16. The van der Waals surface area contributed by atoms with E-state index in [4.69, 9.17) is 5.73 Å². The SMILES string of the molecule is Nc1nc(SCCCC(=O)c2ccc(F)cc2)n[nH]1. The number of halogens is 1. The molecule has 2 rings (SSSR count). The van der Waals surface area contributed by atoms with Crippen molar-refractivity contribution in [1.29, 1.82) is 0 Å². The summed E-state index contributed by atoms with van der Waals surface area (Å²) in [6.45, 7) is 0. The average Bonchev–Trinajstić information content (AvgIpc) is 2.81. The predicted molar refractivity (Wildman–Crippen MR) is 71.5 cm³/mol. The van der Waals surface area contributed by atoms with Crippen molar-refractivity contribution >= 4 is 23.5 Å². The molecule has 0 amide bonds. The molecule has 0 unspecified atom stereocenters. The van der Waals surface area contributed by atoms with Crippen molar-refractivity contribution in [2.24, 2.45) is 0 Å². The Balaban J connectivity index is 1.73. The molecule has 0 aliphatic carbocycles. The van der Waals surface area contributed by atoms with E-state index in [1.807, 2.05) is 0 Å². The maximum absolute atomic E-state index is 12.7. The summed E-state index contributed by atoms with van der Waals surface area (Å²) in [4.78, 5) is 15.7. The van der Waals surface area contributed by atoms with Crippen molar-refractivity contribution in [3.63, 3.8) is 0 Å². The van der Waals surface area contributed by atoms with Gasteiger partial charge >= 0.3 is 0 Å². The number of aromatic nitrogens is 3. The normalized spacial score (nSPS) is 10.6. The van der Waals surface area contributed by atoms with Crippen LogP contribution in [0.5, 0.6) is 0 Å². The number of benzene rings is 1. The van der Waals surface area contributed by atoms with Crippen molar-refractivity contribution in [3.05, 3.63) is 35.6 Å². The molecule has 0 fully saturated rings. The number of nitrogens with two attached hydrogens (primary N) is 1. The van der Waals surface area contributed by atoms with Crippen molar-refractivity contribution < 1.29 is 9.18 Å². The van der Waals surface area contributed by atoms with E-state index in [2.05, 4.69) is 15.2 Å². The third-order valence-corrected chi connectivity index (χ3v) is 3.36. The third-order valence-electron chi connectivity index (χ3n) is 2.43. The second-order valence-corrected chi connectivity index (χ2v) is 4.95. The first kappa shape index (κ1) is 13.5. The van der Waals surface area contributed by atoms with Crippen LogP contribution in [0.15, 0.2) is 29.4 Å². The van der Waals surface area contributed by atoms with E-state index in [1.54, 1.807) is 0 Å². The summed E-state index contributed by atoms with van der Waals surface area (Å²) in [6.07, 6.45) is 1.12. The van der Waals surface area contributed by atoms with Gasteiger partial charge in [0.1, 0.15) is 5.82 Å². The molecule has 2 aromatic rings. The number of carbonyl (C=O) groups excluding carboxylic acids is 1. The molecule has 1 heterocycles. The lowest BCUT2D eigenvalue weighted by Crippen LogP contribution is -1.99. The zero-order chi connectivity index (χ0) is 13.7. The second-order valence-electron chi connectivity index (χ2n) is 3.89. The quantitative estimate of drug-likeness (QED) is 0.482. The Bertz CT molecular complexity index is 555. The number of aromatic amines is 1. The molecule has 5 nitrogen and oxygen atoms in total. The molecule has 0 radical (unpaired) electrons. The van der Waals surface area contributed by atoms with Gasteiger partial charge < -0.3 is 5.73 Å². The van der Waals surface area contributed by atoms with E-state index >= 15 is 0 Å². The molecule has 1 aromatic carbocycles. The van der Waals surface area contributed by atoms with Gasteiger partial charge in [0.25, 0.3) is 0 Å². The predicted octanol–water partition coefficient (Wildman–Crippen LogP) is 2.28. The van der Waals surface area contributed by atoms with Gasteiger partial charge in [0.15, 0.2) is 5.78 Å². The monoisotopic (exact) mass is 280 g/mol. The highest BCUT2D eigenvalue weighted by atomic mass is 32.2. The van der Waals surface area contributed by atoms with Crippen LogP contribution in [0.3, 0.4) is 0 Å². The molecule has 0 aliphatic rings. The lowest BCUT2D eigenvalue weighted by molar-refractivity contribution is 0.0982. The summed E-state index contributed by atoms with van der Waals surface area (Å²) in [7, 11) is 0. The summed E-state index contributed by atoms with van der Waals surface area (Å²) in [6, 6.07) is 5.58. The second kappa shape index (κ2) is 6.33. The van der Waals surface area contributed by atoms with Gasteiger partial charge in [0.05, 0.1) is 0 Å². The molecule has 0 saturated carbocycles. The highest BCUT2D eigenvalue weighted by molar-refractivity contribution is 7.99. The Kier molecular flexibility index (Phi) is 4.51. The van der Waals surface area contributed by atoms with Crippen molar-refractivity contribution in [2.75, 3.05) is 11.5 Å². The minimum Gasteiger partial charge on any atom is -0.368 e. The molecule has 0 spiro atoms. The lowest BCUT2D eigenvalue weighted by atomic mass is 10.1. The van der Waals surface area contributed by atoms with Gasteiger partial charge in [0, 0.05) is 17.7 Å². The maximum Gasteiger partial charge on any atom is 0.216 e. The minimum absolute atomic E-state index is 0.00935. The third kappa shape index (κ3) is 4.06. The number of Topliss-reactive ketones (excluding diaryl/α,β-unsaturated/α-hetero) is 1. The first-order valence-corrected chi connectivity index (χ1v) is 6.73. The van der Waals surface area contributed by atoms with E-state index in [0.29, 0.717) is 23.6 Å². The van der Waals surface area contributed by atoms with Crippen LogP contribution in [-0.2, 0) is 0 Å². The fourth-order valence-electron chi connectivity index (χ4n) is 1.50. The van der Waals surface area contributed by atoms with Crippen molar-refractivity contribution in [1.82, 2.24) is 15.2 Å². The van der Waals surface area contributed by atoms with E-state index in [0.717, 1.165) is 5.75 Å². The molecule has 3 N–H and O–H groups in total. The maximum atomic E-state index is 12.7. The van der Waals surface area contributed by atoms with Crippen LogP contribution >= 0.6 is 11.8 Å². The number of rotatable bonds is 6. The molecular formula is C12H13FN4OS. The average molecular weight is 280 g/mol. The molecule has 0 atom stereocenters. The number of nitrogens with zero attached hydrogens (tertiary/aromatic N) is 2. The minimum atomic E-state index is -0.339. The summed E-state index contributed by atoms with van der Waals surface area (Å²) >= 11 is 1.44. The summed E-state index contributed by atoms with van der Waals surface area (Å²) in [5.74, 6) is 0.679. The number of carbonyl (C=O) groups is 1. The van der Waals surface area contributed by atoms with Gasteiger partial charge in [-0.15, -0.1) is 5.10 Å². The number of H-pyrrole nitrogens is 1. The zero-order valence-corrected chi connectivity index (χ0v) is 10.9. The summed E-state index contributed by atoms with van der Waals surface area (Å²) < 4.78 is 12.7. The Morgan fingerprint density at radius 1 is 1.37 bits per heavy atom. The van der Waals surface area contributed by atoms with Gasteiger partial charge in [-0.3, -0.25) is 4.79 Å². The number of hydrogen-bond donors (Lipinski definition) is 2. The van der Waals surface area contributed by atoms with Gasteiger partial charge in [-0.25, -0.2) is 9.49 Å². The summed E-state index contributed by atoms with van der Waals surface area (Å²) in [5, 5.41) is 6.99. The van der Waals surface area contributed by atoms with Gasteiger partial charge in [-0.1, -0.05) is 11.8 Å². The molecular weight excluding hydrogens is 267 g/mol. The highest BCUT2D eigenvalue weighted by Gasteiger charge is 2.06. The van der Waals surface area contributed by atoms with Gasteiger partial charge in [0.2, 0.25) is 11.1 Å². The number of nitrogen functional groups attached to an aromatic ring is 1. The topological polar surface area (TPSA) is 84.7 Å². The Hall–Kier alpha value is -1.89. The summed E-state index contributed by atoms with van der Waals surface area (Å²) in [5.41, 5.74) is 5.93. The van der Waals surface area contributed by atoms with Gasteiger partial charge in [-0.05, 0) is 30.7 Å². The number of thioether (sulfide) groups is 1. The molecule has 100 valence electrons. The van der Waals surface area contributed by atoms with Crippen molar-refractivity contribution in [3.8, 4) is 0 Å². The number of nitrogens with one attached hydrogen (secondary N) is 1. The van der Waals surface area contributed by atoms with Crippen LogP contribution in [0.25, 0.3) is 0 Å². The smallest absolute Gasteiger partial charge is 0.216 e. The zero-order valence-electron chi connectivity index (χ0n) is 10.1. The molecule has 0 aliphatic heterocycles. The number of ketones is 1. The van der Waals surface area contributed by atoms with Crippen LogP contribution in [0, 0.1) is 5.82 Å². The first-order chi connectivity index (χ1) is 9.15. The van der Waals surface area contributed by atoms with Crippen LogP contribution < -0.4 is 5.73 Å². The van der Waals surface area contributed by atoms with Crippen LogP contribution in [0.2, 0.25) is 0 Å². The lowest BCUT2D eigenvalue weighted by Gasteiger charge is -2.00. The number of hydrogen-bond acceptors (Lipinski definition) is 5. The van der Waals surface area contributed by atoms with E-state index in [9.17, 15) is 9.18 Å². The molecule has 7 heteroatoms. The Morgan fingerprint density at radius 3 is 2.74 bits per heavy atom. The van der Waals surface area contributed by atoms with Crippen molar-refractivity contribution in [2.45, 2.75) is 18.0 Å². The molecule has 19 heavy (non-hydrogen) atoms. The fraction of sp³-hybridized carbons (Fsp3) is 0.250. The standard InChI is InChI=1S/C12H13FN4OS/c13-9-5-3-8(4-6-9)10(18)2-1-7-19-12-15-11(14)16-17-12/h3-6H,1-2,7H2,(H3,14,15,16,17). The first-order valence-electron chi connectivity index (χ1n) is 5.74. The van der Waals surface area contributed by atoms with Crippen LogP contribution in [-0.4, -0.2) is 26.7 Å². The Labute approximate surface area is 113 Å².